The number of rotatable bonds is 12. The summed E-state index contributed by atoms with van der Waals surface area (Å²) in [4.78, 5) is 6.83. The van der Waals surface area contributed by atoms with Crippen LogP contribution in [0.25, 0.3) is 0 Å². The molecule has 126 valence electrons. The zero-order valence-electron chi connectivity index (χ0n) is 13.6. The van der Waals surface area contributed by atoms with E-state index < -0.39 is 0 Å². The second-order valence-corrected chi connectivity index (χ2v) is 5.45. The Morgan fingerprint density at radius 2 is 2.14 bits per heavy atom. The monoisotopic (exact) mass is 430 g/mol. The highest BCUT2D eigenvalue weighted by atomic mass is 127. The summed E-state index contributed by atoms with van der Waals surface area (Å²) in [7, 11) is 3.84. The molecule has 0 saturated heterocycles. The van der Waals surface area contributed by atoms with Gasteiger partial charge in [0.2, 0.25) is 0 Å². The summed E-state index contributed by atoms with van der Waals surface area (Å²) < 4.78 is 5.06. The van der Waals surface area contributed by atoms with Crippen LogP contribution in [0.5, 0.6) is 0 Å². The Labute approximate surface area is 151 Å². The van der Waals surface area contributed by atoms with Gasteiger partial charge in [0.15, 0.2) is 5.96 Å². The van der Waals surface area contributed by atoms with Gasteiger partial charge < -0.3 is 20.3 Å². The minimum absolute atomic E-state index is 0. The topological polar surface area (TPSA) is 48.9 Å². The van der Waals surface area contributed by atoms with E-state index in [-0.39, 0.29) is 24.0 Å². The molecule has 0 aromatic rings. The maximum atomic E-state index is 5.06. The third-order valence-corrected chi connectivity index (χ3v) is 3.27. The molecule has 7 heteroatoms. The van der Waals surface area contributed by atoms with Crippen LogP contribution in [-0.4, -0.2) is 76.4 Å². The maximum absolute atomic E-state index is 5.06. The predicted molar refractivity (Wildman–Crippen MR) is 106 cm³/mol. The molecule has 0 heterocycles. The Kier molecular flexibility index (Phi) is 20.0. The summed E-state index contributed by atoms with van der Waals surface area (Å²) >= 11 is 1.82. The highest BCUT2D eigenvalue weighted by molar-refractivity contribution is 14.0. The number of nitrogens with one attached hydrogen (secondary N) is 2. The van der Waals surface area contributed by atoms with Crippen molar-refractivity contribution in [3.05, 3.63) is 12.7 Å². The lowest BCUT2D eigenvalue weighted by molar-refractivity contribution is 0.161. The van der Waals surface area contributed by atoms with Gasteiger partial charge in [-0.25, -0.2) is 0 Å². The quantitative estimate of drug-likeness (QED) is 0.162. The van der Waals surface area contributed by atoms with Crippen molar-refractivity contribution in [1.82, 2.24) is 15.5 Å². The SMILES string of the molecule is C=CCNC(=NCCCN(C)CCOC)NCCSC.I. The second-order valence-electron chi connectivity index (χ2n) is 4.47. The maximum Gasteiger partial charge on any atom is 0.191 e. The summed E-state index contributed by atoms with van der Waals surface area (Å²) in [5.41, 5.74) is 0. The molecule has 0 atom stereocenters. The number of nitrogens with zero attached hydrogens (tertiary/aromatic N) is 2. The molecule has 0 unspecified atom stereocenters. The number of ether oxygens (including phenoxy) is 1. The molecule has 0 aliphatic rings. The fourth-order valence-electron chi connectivity index (χ4n) is 1.51. The van der Waals surface area contributed by atoms with E-state index in [1.54, 1.807) is 7.11 Å². The molecule has 5 nitrogen and oxygen atoms in total. The van der Waals surface area contributed by atoms with E-state index in [2.05, 4.69) is 40.4 Å². The van der Waals surface area contributed by atoms with E-state index in [0.717, 1.165) is 57.5 Å². The smallest absolute Gasteiger partial charge is 0.191 e. The third-order valence-electron chi connectivity index (χ3n) is 2.66. The van der Waals surface area contributed by atoms with Crippen molar-refractivity contribution in [2.75, 3.05) is 65.5 Å². The number of halogens is 1. The van der Waals surface area contributed by atoms with Crippen LogP contribution >= 0.6 is 35.7 Å². The van der Waals surface area contributed by atoms with E-state index in [1.165, 1.54) is 0 Å². The highest BCUT2D eigenvalue weighted by Gasteiger charge is 1.99. The Balaban J connectivity index is 0. The molecule has 0 amide bonds. The Morgan fingerprint density at radius 3 is 2.76 bits per heavy atom. The largest absolute Gasteiger partial charge is 0.383 e. The molecule has 0 fully saturated rings. The number of hydrogen-bond acceptors (Lipinski definition) is 4. The molecule has 0 aliphatic heterocycles. The first-order chi connectivity index (χ1) is 9.74. The van der Waals surface area contributed by atoms with Gasteiger partial charge in [-0.1, -0.05) is 6.08 Å². The normalized spacial score (nSPS) is 11.1. The standard InChI is InChI=1S/C14H30N4OS.HI/c1-5-7-15-14(17-9-13-20-4)16-8-6-10-18(2)11-12-19-3;/h5H,1,6-13H2,2-4H3,(H2,15,16,17);1H. The lowest BCUT2D eigenvalue weighted by Gasteiger charge is -2.15. The number of aliphatic imine (C=N–C) groups is 1. The van der Waals surface area contributed by atoms with E-state index in [4.69, 9.17) is 4.74 Å². The molecular weight excluding hydrogens is 399 g/mol. The minimum Gasteiger partial charge on any atom is -0.383 e. The van der Waals surface area contributed by atoms with Crippen molar-refractivity contribution < 1.29 is 4.74 Å². The number of methoxy groups -OCH3 is 1. The van der Waals surface area contributed by atoms with E-state index >= 15 is 0 Å². The summed E-state index contributed by atoms with van der Waals surface area (Å²) in [5.74, 6) is 1.95. The third kappa shape index (κ3) is 16.2. The average molecular weight is 430 g/mol. The van der Waals surface area contributed by atoms with Gasteiger partial charge in [-0.05, 0) is 26.3 Å². The average Bonchev–Trinajstić information content (AvgIpc) is 2.46. The molecule has 0 saturated carbocycles. The van der Waals surface area contributed by atoms with Crippen molar-refractivity contribution in [2.45, 2.75) is 6.42 Å². The Bertz CT molecular complexity index is 267. The number of hydrogen-bond donors (Lipinski definition) is 2. The second kappa shape index (κ2) is 18.1. The zero-order valence-corrected chi connectivity index (χ0v) is 16.7. The van der Waals surface area contributed by atoms with Gasteiger partial charge in [0, 0.05) is 39.0 Å². The van der Waals surface area contributed by atoms with Crippen LogP contribution in [0.3, 0.4) is 0 Å². The van der Waals surface area contributed by atoms with Crippen molar-refractivity contribution in [1.29, 1.82) is 0 Å². The van der Waals surface area contributed by atoms with Gasteiger partial charge in [-0.3, -0.25) is 4.99 Å². The lowest BCUT2D eigenvalue weighted by Crippen LogP contribution is -2.38. The van der Waals surface area contributed by atoms with Gasteiger partial charge in [0.1, 0.15) is 0 Å². The van der Waals surface area contributed by atoms with Gasteiger partial charge in [-0.2, -0.15) is 11.8 Å². The van der Waals surface area contributed by atoms with Gasteiger partial charge >= 0.3 is 0 Å². The predicted octanol–water partition coefficient (Wildman–Crippen LogP) is 1.66. The molecule has 0 radical (unpaired) electrons. The molecule has 0 spiro atoms. The van der Waals surface area contributed by atoms with Crippen LogP contribution in [-0.2, 0) is 4.74 Å². The minimum atomic E-state index is 0. The van der Waals surface area contributed by atoms with Gasteiger partial charge in [0.05, 0.1) is 6.61 Å². The first-order valence-electron chi connectivity index (χ1n) is 7.04. The van der Waals surface area contributed by atoms with Crippen LogP contribution in [0.4, 0.5) is 0 Å². The van der Waals surface area contributed by atoms with Gasteiger partial charge in [0.25, 0.3) is 0 Å². The molecule has 0 rings (SSSR count). The molecule has 0 aliphatic carbocycles. The fourth-order valence-corrected chi connectivity index (χ4v) is 1.81. The number of guanidine groups is 1. The molecule has 2 N–H and O–H groups in total. The van der Waals surface area contributed by atoms with Crippen LogP contribution < -0.4 is 10.6 Å². The number of likely N-dealkylation sites (N-methyl/N-ethyl adjacent to an activating group) is 1. The summed E-state index contributed by atoms with van der Waals surface area (Å²) in [6.45, 7) is 8.98. The summed E-state index contributed by atoms with van der Waals surface area (Å²) in [6, 6.07) is 0. The Morgan fingerprint density at radius 1 is 1.38 bits per heavy atom. The summed E-state index contributed by atoms with van der Waals surface area (Å²) in [5, 5.41) is 6.54. The van der Waals surface area contributed by atoms with Crippen LogP contribution in [0.2, 0.25) is 0 Å². The first kappa shape index (κ1) is 23.3. The van der Waals surface area contributed by atoms with Crippen molar-refractivity contribution in [3.63, 3.8) is 0 Å². The van der Waals surface area contributed by atoms with Crippen molar-refractivity contribution in [2.24, 2.45) is 4.99 Å². The van der Waals surface area contributed by atoms with Crippen LogP contribution in [0.15, 0.2) is 17.6 Å². The molecule has 21 heavy (non-hydrogen) atoms. The lowest BCUT2D eigenvalue weighted by atomic mass is 10.4. The molecule has 0 bridgehead atoms. The van der Waals surface area contributed by atoms with E-state index in [9.17, 15) is 0 Å². The summed E-state index contributed by atoms with van der Waals surface area (Å²) in [6.07, 6.45) is 4.99. The van der Waals surface area contributed by atoms with E-state index in [0.29, 0.717) is 0 Å². The van der Waals surface area contributed by atoms with Crippen LogP contribution in [0, 0.1) is 0 Å². The van der Waals surface area contributed by atoms with Gasteiger partial charge in [-0.15, -0.1) is 30.6 Å². The van der Waals surface area contributed by atoms with Crippen molar-refractivity contribution >= 4 is 41.7 Å². The van der Waals surface area contributed by atoms with E-state index in [1.807, 2.05) is 17.8 Å². The first-order valence-corrected chi connectivity index (χ1v) is 8.43. The molecule has 0 aromatic heterocycles. The molecular formula is C14H31IN4OS. The van der Waals surface area contributed by atoms with Crippen LogP contribution in [0.1, 0.15) is 6.42 Å². The Hall–Kier alpha value is 0.01000. The highest BCUT2D eigenvalue weighted by Crippen LogP contribution is 1.90. The molecule has 0 aromatic carbocycles. The fraction of sp³-hybridized carbons (Fsp3) is 0.786. The van der Waals surface area contributed by atoms with Crippen molar-refractivity contribution in [3.8, 4) is 0 Å². The zero-order chi connectivity index (χ0) is 15.1. The number of thioether (sulfide) groups is 1.